The van der Waals surface area contributed by atoms with Crippen molar-refractivity contribution in [3.8, 4) is 0 Å². The number of Topliss-reactive ketones (excluding diaryl/α,β-unsaturated/α-hetero) is 1. The quantitative estimate of drug-likeness (QED) is 0.514. The average molecular weight is 198 g/mol. The average Bonchev–Trinajstić information content (AvgIpc) is 2.55. The van der Waals surface area contributed by atoms with Crippen LogP contribution in [0.5, 0.6) is 0 Å². The number of hydrogen-bond donors (Lipinski definition) is 0. The van der Waals surface area contributed by atoms with Crippen LogP contribution in [-0.2, 0) is 14.3 Å². The van der Waals surface area contributed by atoms with Crippen molar-refractivity contribution in [1.29, 1.82) is 0 Å². The molecule has 1 aliphatic rings. The van der Waals surface area contributed by atoms with Crippen LogP contribution in [0.3, 0.4) is 0 Å². The number of carbonyl (C=O) groups excluding carboxylic acids is 2. The van der Waals surface area contributed by atoms with Gasteiger partial charge in [0, 0.05) is 6.42 Å². The standard InChI is InChI=1S/C11H18O3/c1-4-8-6-9(12)11(5-2,7-8)10(13)14-3/h8H,4-7H2,1-3H3. The molecule has 0 N–H and O–H groups in total. The summed E-state index contributed by atoms with van der Waals surface area (Å²) in [5, 5.41) is 0. The minimum Gasteiger partial charge on any atom is -0.468 e. The van der Waals surface area contributed by atoms with Crippen molar-refractivity contribution in [3.05, 3.63) is 0 Å². The van der Waals surface area contributed by atoms with Crippen LogP contribution in [0.4, 0.5) is 0 Å². The molecule has 0 heterocycles. The Morgan fingerprint density at radius 1 is 1.57 bits per heavy atom. The highest BCUT2D eigenvalue weighted by molar-refractivity contribution is 6.05. The van der Waals surface area contributed by atoms with Crippen LogP contribution in [0.15, 0.2) is 0 Å². The summed E-state index contributed by atoms with van der Waals surface area (Å²) in [5.74, 6) is 0.0844. The molecule has 0 bridgehead atoms. The topological polar surface area (TPSA) is 43.4 Å². The highest BCUT2D eigenvalue weighted by atomic mass is 16.5. The van der Waals surface area contributed by atoms with Gasteiger partial charge >= 0.3 is 5.97 Å². The number of carbonyl (C=O) groups is 2. The van der Waals surface area contributed by atoms with Gasteiger partial charge in [0.1, 0.15) is 11.2 Å². The predicted molar refractivity (Wildman–Crippen MR) is 52.8 cm³/mol. The summed E-state index contributed by atoms with van der Waals surface area (Å²) in [6, 6.07) is 0. The maximum absolute atomic E-state index is 11.8. The van der Waals surface area contributed by atoms with Gasteiger partial charge < -0.3 is 4.74 Å². The second kappa shape index (κ2) is 4.11. The lowest BCUT2D eigenvalue weighted by Crippen LogP contribution is -2.35. The van der Waals surface area contributed by atoms with Crippen molar-refractivity contribution in [1.82, 2.24) is 0 Å². The minimum absolute atomic E-state index is 0.0682. The second-order valence-corrected chi connectivity index (χ2v) is 4.03. The highest BCUT2D eigenvalue weighted by Gasteiger charge is 2.51. The Kier molecular flexibility index (Phi) is 3.29. The molecule has 1 rings (SSSR count). The van der Waals surface area contributed by atoms with E-state index in [1.54, 1.807) is 0 Å². The van der Waals surface area contributed by atoms with E-state index in [-0.39, 0.29) is 11.8 Å². The Balaban J connectivity index is 2.90. The highest BCUT2D eigenvalue weighted by Crippen LogP contribution is 2.43. The van der Waals surface area contributed by atoms with E-state index in [1.807, 2.05) is 6.92 Å². The van der Waals surface area contributed by atoms with Crippen LogP contribution in [0, 0.1) is 11.3 Å². The van der Waals surface area contributed by atoms with Gasteiger partial charge in [0.15, 0.2) is 0 Å². The van der Waals surface area contributed by atoms with E-state index >= 15 is 0 Å². The number of methoxy groups -OCH3 is 1. The fourth-order valence-electron chi connectivity index (χ4n) is 2.30. The van der Waals surface area contributed by atoms with E-state index in [4.69, 9.17) is 4.74 Å². The number of ketones is 1. The van der Waals surface area contributed by atoms with Crippen LogP contribution in [0.2, 0.25) is 0 Å². The van der Waals surface area contributed by atoms with Crippen molar-refractivity contribution in [2.24, 2.45) is 11.3 Å². The third-order valence-corrected chi connectivity index (χ3v) is 3.40. The van der Waals surface area contributed by atoms with Gasteiger partial charge in [-0.2, -0.15) is 0 Å². The third-order valence-electron chi connectivity index (χ3n) is 3.40. The zero-order valence-corrected chi connectivity index (χ0v) is 9.13. The van der Waals surface area contributed by atoms with E-state index in [1.165, 1.54) is 7.11 Å². The number of esters is 1. The summed E-state index contributed by atoms with van der Waals surface area (Å²) in [6.07, 6.45) is 2.74. The fourth-order valence-corrected chi connectivity index (χ4v) is 2.30. The van der Waals surface area contributed by atoms with Gasteiger partial charge in [-0.3, -0.25) is 9.59 Å². The molecule has 0 amide bonds. The van der Waals surface area contributed by atoms with Crippen LogP contribution < -0.4 is 0 Å². The Morgan fingerprint density at radius 2 is 2.21 bits per heavy atom. The molecule has 1 fully saturated rings. The SMILES string of the molecule is CCC1CC(=O)C(CC)(C(=O)OC)C1. The van der Waals surface area contributed by atoms with Gasteiger partial charge in [0.05, 0.1) is 7.11 Å². The lowest BCUT2D eigenvalue weighted by molar-refractivity contribution is -0.156. The van der Waals surface area contributed by atoms with Gasteiger partial charge in [-0.25, -0.2) is 0 Å². The van der Waals surface area contributed by atoms with Crippen molar-refractivity contribution < 1.29 is 14.3 Å². The first-order valence-electron chi connectivity index (χ1n) is 5.22. The first-order valence-corrected chi connectivity index (χ1v) is 5.22. The van der Waals surface area contributed by atoms with Crippen LogP contribution >= 0.6 is 0 Å². The molecular weight excluding hydrogens is 180 g/mol. The van der Waals surface area contributed by atoms with E-state index in [2.05, 4.69) is 6.92 Å². The summed E-state index contributed by atoms with van der Waals surface area (Å²) in [7, 11) is 1.35. The second-order valence-electron chi connectivity index (χ2n) is 4.03. The van der Waals surface area contributed by atoms with Crippen LogP contribution in [0.25, 0.3) is 0 Å². The van der Waals surface area contributed by atoms with Crippen molar-refractivity contribution >= 4 is 11.8 Å². The van der Waals surface area contributed by atoms with Gasteiger partial charge in [-0.15, -0.1) is 0 Å². The zero-order chi connectivity index (χ0) is 10.8. The first kappa shape index (κ1) is 11.2. The number of ether oxygens (including phenoxy) is 1. The van der Waals surface area contributed by atoms with Gasteiger partial charge in [-0.1, -0.05) is 20.3 Å². The summed E-state index contributed by atoms with van der Waals surface area (Å²) < 4.78 is 4.73. The van der Waals surface area contributed by atoms with Crippen LogP contribution in [0.1, 0.15) is 39.5 Å². The molecule has 1 saturated carbocycles. The summed E-state index contributed by atoms with van der Waals surface area (Å²) in [6.45, 7) is 3.94. The third kappa shape index (κ3) is 1.56. The Hall–Kier alpha value is -0.860. The molecule has 0 aromatic heterocycles. The normalized spacial score (nSPS) is 31.9. The lowest BCUT2D eigenvalue weighted by Gasteiger charge is -2.22. The Bertz CT molecular complexity index is 247. The van der Waals surface area contributed by atoms with Crippen molar-refractivity contribution in [2.75, 3.05) is 7.11 Å². The Morgan fingerprint density at radius 3 is 2.57 bits per heavy atom. The molecule has 0 saturated heterocycles. The van der Waals surface area contributed by atoms with Gasteiger partial charge in [0.25, 0.3) is 0 Å². The molecule has 0 radical (unpaired) electrons. The van der Waals surface area contributed by atoms with E-state index in [0.29, 0.717) is 25.2 Å². The summed E-state index contributed by atoms with van der Waals surface area (Å²) in [4.78, 5) is 23.4. The molecule has 80 valence electrons. The van der Waals surface area contributed by atoms with Gasteiger partial charge in [-0.05, 0) is 18.8 Å². The molecule has 3 heteroatoms. The minimum atomic E-state index is -0.824. The molecule has 2 unspecified atom stereocenters. The summed E-state index contributed by atoms with van der Waals surface area (Å²) >= 11 is 0. The molecular formula is C11H18O3. The monoisotopic (exact) mass is 198 g/mol. The lowest BCUT2D eigenvalue weighted by atomic mass is 9.81. The first-order chi connectivity index (χ1) is 6.60. The number of hydrogen-bond acceptors (Lipinski definition) is 3. The molecule has 3 nitrogen and oxygen atoms in total. The molecule has 0 spiro atoms. The van der Waals surface area contributed by atoms with Gasteiger partial charge in [0.2, 0.25) is 0 Å². The number of rotatable bonds is 3. The van der Waals surface area contributed by atoms with E-state index < -0.39 is 5.41 Å². The summed E-state index contributed by atoms with van der Waals surface area (Å²) in [5.41, 5.74) is -0.824. The molecule has 0 aromatic rings. The molecule has 0 aliphatic heterocycles. The predicted octanol–water partition coefficient (Wildman–Crippen LogP) is 1.94. The molecule has 1 aliphatic carbocycles. The molecule has 2 atom stereocenters. The fraction of sp³-hybridized carbons (Fsp3) is 0.818. The van der Waals surface area contributed by atoms with E-state index in [0.717, 1.165) is 6.42 Å². The van der Waals surface area contributed by atoms with Crippen molar-refractivity contribution in [2.45, 2.75) is 39.5 Å². The molecule has 0 aromatic carbocycles. The van der Waals surface area contributed by atoms with Crippen molar-refractivity contribution in [3.63, 3.8) is 0 Å². The maximum Gasteiger partial charge on any atom is 0.319 e. The molecule has 14 heavy (non-hydrogen) atoms. The smallest absolute Gasteiger partial charge is 0.319 e. The largest absolute Gasteiger partial charge is 0.468 e. The van der Waals surface area contributed by atoms with Crippen LogP contribution in [-0.4, -0.2) is 18.9 Å². The Labute approximate surface area is 84.8 Å². The zero-order valence-electron chi connectivity index (χ0n) is 9.13. The maximum atomic E-state index is 11.8. The van der Waals surface area contributed by atoms with E-state index in [9.17, 15) is 9.59 Å².